The van der Waals surface area contributed by atoms with Crippen LogP contribution in [0.3, 0.4) is 0 Å². The third-order valence-electron chi connectivity index (χ3n) is 14.1. The van der Waals surface area contributed by atoms with E-state index >= 15 is 0 Å². The molecule has 0 spiro atoms. The van der Waals surface area contributed by atoms with Crippen molar-refractivity contribution in [3.63, 3.8) is 0 Å². The summed E-state index contributed by atoms with van der Waals surface area (Å²) >= 11 is 0. The van der Waals surface area contributed by atoms with E-state index < -0.39 is 0 Å². The number of aromatic nitrogens is 1. The molecule has 1 aliphatic heterocycles. The lowest BCUT2D eigenvalue weighted by Crippen LogP contribution is -2.38. The molecule has 0 saturated carbocycles. The molecule has 0 saturated heterocycles. The first kappa shape index (κ1) is 38.0. The molecule has 9 aromatic rings. The highest BCUT2D eigenvalue weighted by molar-refractivity contribution is 6.73. The topological polar surface area (TPSA) is 30.1 Å². The number of hydrogen-bond donors (Lipinski definition) is 1. The van der Waals surface area contributed by atoms with Gasteiger partial charge >= 0.3 is 0 Å². The van der Waals surface area contributed by atoms with Gasteiger partial charge in [-0.1, -0.05) is 154 Å². The number of nitrogens with one attached hydrogen (secondary N) is 1. The Morgan fingerprint density at radius 2 is 1.18 bits per heavy atom. The van der Waals surface area contributed by atoms with Crippen molar-refractivity contribution in [2.24, 2.45) is 0 Å². The molecule has 11 rings (SSSR count). The average molecular weight is 795 g/mol. The minimum atomic E-state index is -0.172. The Morgan fingerprint density at radius 1 is 0.525 bits per heavy atom. The summed E-state index contributed by atoms with van der Waals surface area (Å²) < 4.78 is 9.07. The van der Waals surface area contributed by atoms with Gasteiger partial charge in [0.25, 0.3) is 0 Å². The predicted molar refractivity (Wildman–Crippen MR) is 263 cm³/mol. The summed E-state index contributed by atoms with van der Waals surface area (Å²) in [5.74, 6) is 0. The van der Waals surface area contributed by atoms with E-state index in [1.54, 1.807) is 0 Å². The lowest BCUT2D eigenvalue weighted by molar-refractivity contribution is 0.584. The quantitative estimate of drug-likeness (QED) is 0.181. The van der Waals surface area contributed by atoms with Gasteiger partial charge < -0.3 is 14.3 Å². The van der Waals surface area contributed by atoms with Crippen LogP contribution in [0.5, 0.6) is 0 Å². The molecule has 0 fully saturated rings. The van der Waals surface area contributed by atoms with Crippen LogP contribution in [0.2, 0.25) is 0 Å². The molecule has 3 heterocycles. The first-order valence-corrected chi connectivity index (χ1v) is 22.1. The minimum absolute atomic E-state index is 0.0256. The van der Waals surface area contributed by atoms with Crippen LogP contribution < -0.4 is 16.2 Å². The Balaban J connectivity index is 1.19. The minimum Gasteiger partial charge on any atom is -0.456 e. The second-order valence-corrected chi connectivity index (χ2v) is 21.6. The second-order valence-electron chi connectivity index (χ2n) is 21.6. The van der Waals surface area contributed by atoms with E-state index in [0.29, 0.717) is 0 Å². The highest BCUT2D eigenvalue weighted by atomic mass is 16.3. The van der Waals surface area contributed by atoms with Crippen LogP contribution in [0.15, 0.2) is 126 Å². The largest absolute Gasteiger partial charge is 0.456 e. The molecule has 1 N–H and O–H groups in total. The van der Waals surface area contributed by atoms with Gasteiger partial charge in [-0.25, -0.2) is 0 Å². The molecule has 0 unspecified atom stereocenters. The number of benzene rings is 7. The summed E-state index contributed by atoms with van der Waals surface area (Å²) in [6.07, 6.45) is 0. The molecule has 0 radical (unpaired) electrons. The maximum atomic E-state index is 6.51. The third-order valence-corrected chi connectivity index (χ3v) is 14.1. The summed E-state index contributed by atoms with van der Waals surface area (Å²) in [4.78, 5) is 0. The maximum absolute atomic E-state index is 6.51. The Morgan fingerprint density at radius 3 is 1.92 bits per heavy atom. The lowest BCUT2D eigenvalue weighted by Gasteiger charge is -2.28. The number of para-hydroxylation sites is 1. The summed E-state index contributed by atoms with van der Waals surface area (Å²) in [6.45, 7) is 25.6. The fourth-order valence-corrected chi connectivity index (χ4v) is 10.5. The highest BCUT2D eigenvalue weighted by Gasteiger charge is 2.38. The molecule has 0 atom stereocenters. The van der Waals surface area contributed by atoms with Crippen molar-refractivity contribution < 1.29 is 4.42 Å². The highest BCUT2D eigenvalue weighted by Crippen LogP contribution is 2.53. The van der Waals surface area contributed by atoms with E-state index in [2.05, 4.69) is 207 Å². The van der Waals surface area contributed by atoms with Gasteiger partial charge in [0.1, 0.15) is 11.2 Å². The fourth-order valence-electron chi connectivity index (χ4n) is 10.5. The Bertz CT molecular complexity index is 3320. The van der Waals surface area contributed by atoms with E-state index in [0.717, 1.165) is 40.6 Å². The standard InChI is InChI=1S/C57H55BN2O/c1-54(2,3)32-16-20-35(21-17-32)59-47-29-40-36-22-18-33(55(4,5)6)26-44(36)57(10,11)45(40)28-41(47)38-23-24-39-42-31-51-43(37-14-12-13-15-50(37)61-51)30-49(42)60-48-25-19-34(56(7,8)9)27-46(48)58-52(38)53(39)60/h12-31,58-59H,1-11H3. The number of hydrogen-bond acceptors (Lipinski definition) is 2. The van der Waals surface area contributed by atoms with Crippen LogP contribution in [-0.2, 0) is 21.7 Å². The maximum Gasteiger partial charge on any atom is 0.198 e. The summed E-state index contributed by atoms with van der Waals surface area (Å²) in [6, 6.07) is 46.3. The number of rotatable bonds is 3. The fraction of sp³-hybridized carbons (Fsp3) is 0.263. The number of fused-ring (bicyclic) bond motifs is 11. The van der Waals surface area contributed by atoms with Gasteiger partial charge in [0.2, 0.25) is 0 Å². The van der Waals surface area contributed by atoms with Crippen LogP contribution in [-0.4, -0.2) is 11.8 Å². The van der Waals surface area contributed by atoms with E-state index in [-0.39, 0.29) is 21.7 Å². The summed E-state index contributed by atoms with van der Waals surface area (Å²) in [5.41, 5.74) is 22.6. The van der Waals surface area contributed by atoms with Crippen LogP contribution >= 0.6 is 0 Å². The summed E-state index contributed by atoms with van der Waals surface area (Å²) in [5, 5.41) is 8.79. The zero-order valence-corrected chi connectivity index (χ0v) is 37.6. The van der Waals surface area contributed by atoms with E-state index in [1.807, 2.05) is 0 Å². The molecule has 0 amide bonds. The van der Waals surface area contributed by atoms with Crippen molar-refractivity contribution in [2.75, 3.05) is 5.32 Å². The van der Waals surface area contributed by atoms with Crippen molar-refractivity contribution in [3.8, 4) is 27.9 Å². The second kappa shape index (κ2) is 12.5. The monoisotopic (exact) mass is 794 g/mol. The lowest BCUT2D eigenvalue weighted by atomic mass is 9.58. The van der Waals surface area contributed by atoms with Crippen LogP contribution in [0.25, 0.3) is 71.7 Å². The molecular weight excluding hydrogens is 739 g/mol. The molecular formula is C57H55BN2O. The smallest absolute Gasteiger partial charge is 0.198 e. The Kier molecular flexibility index (Phi) is 7.80. The van der Waals surface area contributed by atoms with Crippen LogP contribution in [0.1, 0.15) is 104 Å². The van der Waals surface area contributed by atoms with Crippen molar-refractivity contribution in [2.45, 2.75) is 97.8 Å². The van der Waals surface area contributed by atoms with Crippen molar-refractivity contribution in [1.82, 2.24) is 4.57 Å². The van der Waals surface area contributed by atoms with Crippen LogP contribution in [0, 0.1) is 0 Å². The van der Waals surface area contributed by atoms with Gasteiger partial charge in [0.15, 0.2) is 7.28 Å². The van der Waals surface area contributed by atoms with Gasteiger partial charge in [0, 0.05) is 55.1 Å². The number of nitrogens with zero attached hydrogens (tertiary/aromatic N) is 1. The molecule has 1 aliphatic carbocycles. The summed E-state index contributed by atoms with van der Waals surface area (Å²) in [7, 11) is 0.844. The van der Waals surface area contributed by atoms with E-state index in [1.165, 1.54) is 88.5 Å². The normalized spacial score (nSPS) is 14.4. The van der Waals surface area contributed by atoms with E-state index in [4.69, 9.17) is 4.42 Å². The van der Waals surface area contributed by atoms with Crippen molar-refractivity contribution in [1.29, 1.82) is 0 Å². The van der Waals surface area contributed by atoms with Gasteiger partial charge in [-0.05, 0) is 115 Å². The average Bonchev–Trinajstić information content (AvgIpc) is 3.81. The van der Waals surface area contributed by atoms with Gasteiger partial charge in [-0.3, -0.25) is 0 Å². The van der Waals surface area contributed by atoms with Gasteiger partial charge in [-0.15, -0.1) is 0 Å². The molecule has 2 aromatic heterocycles. The van der Waals surface area contributed by atoms with Crippen LogP contribution in [0.4, 0.5) is 11.4 Å². The molecule has 302 valence electrons. The molecule has 61 heavy (non-hydrogen) atoms. The first-order chi connectivity index (χ1) is 28.9. The Labute approximate surface area is 361 Å². The van der Waals surface area contributed by atoms with E-state index in [9.17, 15) is 0 Å². The first-order valence-electron chi connectivity index (χ1n) is 22.1. The zero-order valence-electron chi connectivity index (χ0n) is 37.6. The Hall–Kier alpha value is -6.00. The zero-order chi connectivity index (χ0) is 42.5. The SMILES string of the molecule is CC(C)(C)c1ccc(Nc2cc3c(cc2-c2ccc4c5cc6oc7ccccc7c6cc5n5c4c2Bc2cc(C(C)(C)C)ccc2-5)C(C)(C)c2cc(C(C)(C)C)ccc2-3)cc1. The molecule has 7 aromatic carbocycles. The molecule has 4 heteroatoms. The molecule has 3 nitrogen and oxygen atoms in total. The predicted octanol–water partition coefficient (Wildman–Crippen LogP) is 14.0. The van der Waals surface area contributed by atoms with Crippen molar-refractivity contribution >= 4 is 73.3 Å². The third kappa shape index (κ3) is 5.71. The van der Waals surface area contributed by atoms with Gasteiger partial charge in [-0.2, -0.15) is 0 Å². The van der Waals surface area contributed by atoms with Gasteiger partial charge in [0.05, 0.1) is 5.52 Å². The molecule has 0 bridgehead atoms. The molecule has 2 aliphatic rings. The number of furan rings is 1. The number of anilines is 2. The van der Waals surface area contributed by atoms with Crippen molar-refractivity contribution in [3.05, 3.63) is 149 Å².